The second kappa shape index (κ2) is 7.97. The molecular weight excluding hydrogens is 295 g/mol. The number of anilines is 2. The van der Waals surface area contributed by atoms with Crippen molar-refractivity contribution in [3.63, 3.8) is 0 Å². The van der Waals surface area contributed by atoms with Crippen molar-refractivity contribution in [1.29, 1.82) is 0 Å². The van der Waals surface area contributed by atoms with Gasteiger partial charge in [-0.3, -0.25) is 4.79 Å². The Labute approximate surface area is 124 Å². The van der Waals surface area contributed by atoms with Gasteiger partial charge in [0.15, 0.2) is 0 Å². The molecule has 1 amide bonds. The molecule has 0 spiro atoms. The molecule has 3 N–H and O–H groups in total. The normalized spacial score (nSPS) is 11.3. The summed E-state index contributed by atoms with van der Waals surface area (Å²) in [6.45, 7) is 1.93. The summed E-state index contributed by atoms with van der Waals surface area (Å²) in [4.78, 5) is 11.7. The Balaban J connectivity index is 2.39. The first kappa shape index (κ1) is 17.4. The van der Waals surface area contributed by atoms with E-state index in [0.29, 0.717) is 12.1 Å². The summed E-state index contributed by atoms with van der Waals surface area (Å²) in [6, 6.07) is 3.90. The third-order valence-corrected chi connectivity index (χ3v) is 4.77. The standard InChI is InChI=1S/C14H21FN2O3S/c1-2-3-8-21(19,20)9-4-5-14(18)17-11-6-7-12(15)13(16)10-11/h6-7,10H,2-5,8-9,16H2,1H3,(H,17,18). The van der Waals surface area contributed by atoms with Crippen LogP contribution in [0.1, 0.15) is 32.6 Å². The lowest BCUT2D eigenvalue weighted by Gasteiger charge is -2.07. The van der Waals surface area contributed by atoms with Gasteiger partial charge in [-0.15, -0.1) is 0 Å². The van der Waals surface area contributed by atoms with Crippen LogP contribution in [-0.4, -0.2) is 25.8 Å². The molecule has 0 heterocycles. The third kappa shape index (κ3) is 6.57. The number of benzene rings is 1. The van der Waals surface area contributed by atoms with E-state index < -0.39 is 15.7 Å². The predicted molar refractivity (Wildman–Crippen MR) is 82.2 cm³/mol. The van der Waals surface area contributed by atoms with Crippen LogP contribution in [0.5, 0.6) is 0 Å². The molecular formula is C14H21FN2O3S. The minimum Gasteiger partial charge on any atom is -0.396 e. The molecule has 5 nitrogen and oxygen atoms in total. The fraction of sp³-hybridized carbons (Fsp3) is 0.500. The smallest absolute Gasteiger partial charge is 0.224 e. The number of nitrogen functional groups attached to an aromatic ring is 1. The number of rotatable bonds is 8. The molecule has 0 aromatic heterocycles. The largest absolute Gasteiger partial charge is 0.396 e. The lowest BCUT2D eigenvalue weighted by Crippen LogP contribution is -2.16. The van der Waals surface area contributed by atoms with E-state index in [0.717, 1.165) is 6.42 Å². The van der Waals surface area contributed by atoms with Crippen LogP contribution in [0.15, 0.2) is 18.2 Å². The monoisotopic (exact) mass is 316 g/mol. The highest BCUT2D eigenvalue weighted by Gasteiger charge is 2.11. The number of nitrogens with one attached hydrogen (secondary N) is 1. The quantitative estimate of drug-likeness (QED) is 0.720. The second-order valence-corrected chi connectivity index (χ2v) is 7.20. The Hall–Kier alpha value is -1.63. The summed E-state index contributed by atoms with van der Waals surface area (Å²) < 4.78 is 36.2. The lowest BCUT2D eigenvalue weighted by atomic mass is 10.2. The Morgan fingerprint density at radius 3 is 2.57 bits per heavy atom. The van der Waals surface area contributed by atoms with E-state index in [4.69, 9.17) is 5.73 Å². The predicted octanol–water partition coefficient (Wildman–Crippen LogP) is 2.34. The summed E-state index contributed by atoms with van der Waals surface area (Å²) in [5, 5.41) is 2.56. The van der Waals surface area contributed by atoms with Crippen LogP contribution in [0.4, 0.5) is 15.8 Å². The fourth-order valence-corrected chi connectivity index (χ4v) is 3.28. The molecule has 0 bridgehead atoms. The highest BCUT2D eigenvalue weighted by molar-refractivity contribution is 7.91. The average molecular weight is 316 g/mol. The van der Waals surface area contributed by atoms with Gasteiger partial charge >= 0.3 is 0 Å². The van der Waals surface area contributed by atoms with Crippen LogP contribution >= 0.6 is 0 Å². The Bertz CT molecular complexity index is 588. The van der Waals surface area contributed by atoms with Crippen LogP contribution in [0.3, 0.4) is 0 Å². The van der Waals surface area contributed by atoms with Gasteiger partial charge in [-0.05, 0) is 31.0 Å². The summed E-state index contributed by atoms with van der Waals surface area (Å²) in [5.74, 6) is -0.687. The van der Waals surface area contributed by atoms with Crippen LogP contribution in [0, 0.1) is 5.82 Å². The van der Waals surface area contributed by atoms with Gasteiger partial charge in [0.05, 0.1) is 17.2 Å². The van der Waals surface area contributed by atoms with Gasteiger partial charge in [-0.25, -0.2) is 12.8 Å². The van der Waals surface area contributed by atoms with Crippen molar-refractivity contribution in [3.05, 3.63) is 24.0 Å². The molecule has 0 aliphatic rings. The number of amides is 1. The number of hydrogen-bond acceptors (Lipinski definition) is 4. The van der Waals surface area contributed by atoms with Gasteiger partial charge in [-0.1, -0.05) is 13.3 Å². The van der Waals surface area contributed by atoms with Crippen molar-refractivity contribution in [3.8, 4) is 0 Å². The van der Waals surface area contributed by atoms with Crippen molar-refractivity contribution >= 4 is 27.1 Å². The highest BCUT2D eigenvalue weighted by atomic mass is 32.2. The third-order valence-electron chi connectivity index (χ3n) is 2.95. The van der Waals surface area contributed by atoms with E-state index in [9.17, 15) is 17.6 Å². The van der Waals surface area contributed by atoms with E-state index in [2.05, 4.69) is 5.32 Å². The highest BCUT2D eigenvalue weighted by Crippen LogP contribution is 2.16. The van der Waals surface area contributed by atoms with Crippen LogP contribution in [0.2, 0.25) is 0 Å². The molecule has 0 aliphatic heterocycles. The first-order valence-electron chi connectivity index (χ1n) is 6.89. The second-order valence-electron chi connectivity index (χ2n) is 4.89. The molecule has 0 unspecified atom stereocenters. The van der Waals surface area contributed by atoms with E-state index in [1.165, 1.54) is 18.2 Å². The summed E-state index contributed by atoms with van der Waals surface area (Å²) in [6.07, 6.45) is 1.84. The Morgan fingerprint density at radius 1 is 1.29 bits per heavy atom. The molecule has 0 aliphatic carbocycles. The number of carbonyl (C=O) groups excluding carboxylic acids is 1. The number of nitrogens with two attached hydrogens (primary N) is 1. The number of hydrogen-bond donors (Lipinski definition) is 2. The molecule has 0 saturated heterocycles. The molecule has 1 rings (SSSR count). The van der Waals surface area contributed by atoms with Crippen molar-refractivity contribution in [2.24, 2.45) is 0 Å². The zero-order chi connectivity index (χ0) is 15.9. The number of sulfone groups is 1. The van der Waals surface area contributed by atoms with Crippen molar-refractivity contribution in [1.82, 2.24) is 0 Å². The Kier molecular flexibility index (Phi) is 6.61. The van der Waals surface area contributed by atoms with E-state index in [1.54, 1.807) is 0 Å². The molecule has 0 radical (unpaired) electrons. The summed E-state index contributed by atoms with van der Waals surface area (Å²) >= 11 is 0. The van der Waals surface area contributed by atoms with E-state index >= 15 is 0 Å². The number of unbranched alkanes of at least 4 members (excludes halogenated alkanes) is 1. The molecule has 1 aromatic rings. The molecule has 21 heavy (non-hydrogen) atoms. The van der Waals surface area contributed by atoms with Gasteiger partial charge in [0, 0.05) is 12.1 Å². The number of halogens is 1. The van der Waals surface area contributed by atoms with Gasteiger partial charge < -0.3 is 11.1 Å². The zero-order valence-electron chi connectivity index (χ0n) is 12.1. The molecule has 0 atom stereocenters. The van der Waals surface area contributed by atoms with Crippen LogP contribution in [-0.2, 0) is 14.6 Å². The SMILES string of the molecule is CCCCS(=O)(=O)CCCC(=O)Nc1ccc(F)c(N)c1. The summed E-state index contributed by atoms with van der Waals surface area (Å²) in [5.41, 5.74) is 5.74. The Morgan fingerprint density at radius 2 is 1.95 bits per heavy atom. The molecule has 7 heteroatoms. The number of carbonyl (C=O) groups is 1. The first-order chi connectivity index (χ1) is 9.84. The van der Waals surface area contributed by atoms with Gasteiger partial charge in [0.2, 0.25) is 5.91 Å². The minimum absolute atomic E-state index is 0.00593. The van der Waals surface area contributed by atoms with Crippen LogP contribution < -0.4 is 11.1 Å². The maximum atomic E-state index is 13.0. The molecule has 1 aromatic carbocycles. The van der Waals surface area contributed by atoms with Gasteiger partial charge in [0.1, 0.15) is 15.7 Å². The molecule has 118 valence electrons. The van der Waals surface area contributed by atoms with Crippen molar-refractivity contribution < 1.29 is 17.6 Å². The zero-order valence-corrected chi connectivity index (χ0v) is 12.9. The van der Waals surface area contributed by atoms with E-state index in [1.807, 2.05) is 6.92 Å². The fourth-order valence-electron chi connectivity index (χ4n) is 1.76. The molecule has 0 fully saturated rings. The van der Waals surface area contributed by atoms with Crippen LogP contribution in [0.25, 0.3) is 0 Å². The van der Waals surface area contributed by atoms with Gasteiger partial charge in [-0.2, -0.15) is 0 Å². The maximum Gasteiger partial charge on any atom is 0.224 e. The van der Waals surface area contributed by atoms with Gasteiger partial charge in [0.25, 0.3) is 0 Å². The average Bonchev–Trinajstić information content (AvgIpc) is 2.40. The first-order valence-corrected chi connectivity index (χ1v) is 8.71. The summed E-state index contributed by atoms with van der Waals surface area (Å²) in [7, 11) is -3.07. The van der Waals surface area contributed by atoms with E-state index in [-0.39, 0.29) is 35.9 Å². The lowest BCUT2D eigenvalue weighted by molar-refractivity contribution is -0.116. The minimum atomic E-state index is -3.07. The molecule has 0 saturated carbocycles. The van der Waals surface area contributed by atoms with Crippen molar-refractivity contribution in [2.75, 3.05) is 22.6 Å². The maximum absolute atomic E-state index is 13.0. The topological polar surface area (TPSA) is 89.3 Å². The van der Waals surface area contributed by atoms with Crippen molar-refractivity contribution in [2.45, 2.75) is 32.6 Å².